The number of aromatic amines is 1. The third-order valence-corrected chi connectivity index (χ3v) is 7.90. The maximum atomic E-state index is 13.3. The summed E-state index contributed by atoms with van der Waals surface area (Å²) in [6.45, 7) is 4.57. The van der Waals surface area contributed by atoms with Gasteiger partial charge in [-0.2, -0.15) is 0 Å². The Labute approximate surface area is 274 Å². The topological polar surface area (TPSA) is 300 Å². The Balaban J connectivity index is 1.94. The molecule has 12 atom stereocenters. The number of aliphatic hydroxyl groups excluding tert-OH is 5. The summed E-state index contributed by atoms with van der Waals surface area (Å²) in [7, 11) is 2.58. The lowest BCUT2D eigenvalue weighted by molar-refractivity contribution is -0.232. The van der Waals surface area contributed by atoms with Gasteiger partial charge in [-0.25, -0.2) is 9.59 Å². The quantitative estimate of drug-likeness (QED) is 0.0882. The second kappa shape index (κ2) is 16.3. The zero-order chi connectivity index (χ0) is 36.1. The molecule has 2 saturated heterocycles. The minimum Gasteiger partial charge on any atom is -0.480 e. The molecule has 1 aromatic rings. The summed E-state index contributed by atoms with van der Waals surface area (Å²) in [5.74, 6) is -3.53. The number of nitrogens with zero attached hydrogens (tertiary/aromatic N) is 1. The minimum atomic E-state index is -1.87. The number of amides is 2. The lowest BCUT2D eigenvalue weighted by Crippen LogP contribution is -2.52. The summed E-state index contributed by atoms with van der Waals surface area (Å²) in [6, 6.07) is -0.453. The third kappa shape index (κ3) is 9.36. The summed E-state index contributed by atoms with van der Waals surface area (Å²) in [5.41, 5.74) is -2.57. The summed E-state index contributed by atoms with van der Waals surface area (Å²) in [5, 5.41) is 70.9. The van der Waals surface area contributed by atoms with Gasteiger partial charge < -0.3 is 65.5 Å². The van der Waals surface area contributed by atoms with Crippen LogP contribution in [-0.2, 0) is 28.5 Å². The number of carbonyl (C=O) groups excluding carboxylic acids is 2. The highest BCUT2D eigenvalue weighted by Crippen LogP contribution is 2.37. The molecule has 8 unspecified atom stereocenters. The number of carboxylic acid groups (broad SMARTS) is 1. The smallest absolute Gasteiger partial charge is 0.407 e. The Morgan fingerprint density at radius 2 is 1.69 bits per heavy atom. The first-order valence-corrected chi connectivity index (χ1v) is 15.2. The van der Waals surface area contributed by atoms with Crippen molar-refractivity contribution in [3.05, 3.63) is 33.1 Å². The SMILES string of the molecule is CNC(=O)[C@@H](CC[C@H](O)[C@H](NC)C(=O)O)[C@H](OC1OC(CNC(=O)OC(C)(C)C)C(O)C1O)C1OC(n2ccc(=O)[nH]c2=O)C(O)C1O. The second-order valence-corrected chi connectivity index (χ2v) is 12.5. The summed E-state index contributed by atoms with van der Waals surface area (Å²) in [4.78, 5) is 63.1. The van der Waals surface area contributed by atoms with Crippen LogP contribution in [0.2, 0.25) is 0 Å². The molecular formula is C28H45N5O15. The van der Waals surface area contributed by atoms with E-state index in [1.807, 2.05) is 4.98 Å². The highest BCUT2D eigenvalue weighted by atomic mass is 16.7. The number of carbonyl (C=O) groups is 3. The molecule has 2 aliphatic heterocycles. The number of carboxylic acids is 1. The molecule has 3 heterocycles. The van der Waals surface area contributed by atoms with Crippen molar-refractivity contribution in [1.29, 1.82) is 0 Å². The van der Waals surface area contributed by atoms with Crippen LogP contribution < -0.4 is 27.2 Å². The van der Waals surface area contributed by atoms with Gasteiger partial charge in [-0.05, 0) is 40.7 Å². The van der Waals surface area contributed by atoms with Gasteiger partial charge in [-0.15, -0.1) is 0 Å². The van der Waals surface area contributed by atoms with Gasteiger partial charge >= 0.3 is 17.8 Å². The molecule has 2 aliphatic rings. The van der Waals surface area contributed by atoms with Crippen LogP contribution in [0.4, 0.5) is 4.79 Å². The maximum Gasteiger partial charge on any atom is 0.407 e. The van der Waals surface area contributed by atoms with Gasteiger partial charge in [0.05, 0.1) is 12.0 Å². The van der Waals surface area contributed by atoms with Crippen molar-refractivity contribution in [3.8, 4) is 0 Å². The lowest BCUT2D eigenvalue weighted by Gasteiger charge is -2.34. The number of likely N-dealkylation sites (N-methyl/N-ethyl adjacent to an activating group) is 1. The van der Waals surface area contributed by atoms with Crippen molar-refractivity contribution < 1.29 is 64.0 Å². The van der Waals surface area contributed by atoms with E-state index >= 15 is 0 Å². The number of aromatic nitrogens is 2. The normalized spacial score (nSPS) is 29.9. The van der Waals surface area contributed by atoms with E-state index in [0.29, 0.717) is 0 Å². The van der Waals surface area contributed by atoms with Crippen molar-refractivity contribution in [2.75, 3.05) is 20.6 Å². The molecule has 3 rings (SSSR count). The van der Waals surface area contributed by atoms with E-state index in [2.05, 4.69) is 16.0 Å². The molecule has 0 aliphatic carbocycles. The van der Waals surface area contributed by atoms with Crippen molar-refractivity contribution in [1.82, 2.24) is 25.5 Å². The van der Waals surface area contributed by atoms with Gasteiger partial charge in [0.2, 0.25) is 5.91 Å². The average molecular weight is 692 g/mol. The molecule has 20 heteroatoms. The number of alkyl carbamates (subject to hydrolysis) is 1. The highest BCUT2D eigenvalue weighted by molar-refractivity contribution is 5.79. The van der Waals surface area contributed by atoms with Crippen molar-refractivity contribution in [2.24, 2.45) is 5.92 Å². The Bertz CT molecular complexity index is 1380. The number of hydrogen-bond donors (Lipinski definition) is 10. The van der Waals surface area contributed by atoms with Crippen LogP contribution in [-0.4, -0.2) is 146 Å². The van der Waals surface area contributed by atoms with Gasteiger partial charge in [0.15, 0.2) is 12.5 Å². The van der Waals surface area contributed by atoms with E-state index in [1.165, 1.54) is 14.1 Å². The number of ether oxygens (including phenoxy) is 4. The largest absolute Gasteiger partial charge is 0.480 e. The number of rotatable bonds is 14. The first-order valence-electron chi connectivity index (χ1n) is 15.2. The molecule has 10 N–H and O–H groups in total. The standard InChI is InChI=1S/C28H45N5O15/c1-28(2,3)48-27(44)31-10-13-16(36)19(39)25(45-13)47-20(11(22(40)30-5)6-7-12(34)15(29-4)24(41)42)21-17(37)18(38)23(46-21)33-9-8-14(35)32-26(33)43/h8-9,11-13,15-21,23,25,29,34,36-39H,6-7,10H2,1-5H3,(H,30,40)(H,31,44)(H,41,42)(H,32,35,43)/t11-,12-,13?,15-,16?,17?,18?,19?,20-,21?,23?,25?/m0/s1. The number of aliphatic carboxylic acids is 1. The van der Waals surface area contributed by atoms with E-state index in [9.17, 15) is 54.6 Å². The molecule has 0 aromatic carbocycles. The average Bonchev–Trinajstić information content (AvgIpc) is 3.43. The predicted molar refractivity (Wildman–Crippen MR) is 160 cm³/mol. The number of hydrogen-bond acceptors (Lipinski definition) is 15. The molecule has 0 saturated carbocycles. The van der Waals surface area contributed by atoms with Gasteiger partial charge in [-0.3, -0.25) is 23.9 Å². The van der Waals surface area contributed by atoms with E-state index < -0.39 is 108 Å². The summed E-state index contributed by atoms with van der Waals surface area (Å²) >= 11 is 0. The van der Waals surface area contributed by atoms with Crippen molar-refractivity contribution in [2.45, 2.75) is 107 Å². The van der Waals surface area contributed by atoms with E-state index in [0.717, 1.165) is 16.8 Å². The predicted octanol–water partition coefficient (Wildman–Crippen LogP) is -4.31. The van der Waals surface area contributed by atoms with Crippen molar-refractivity contribution >= 4 is 18.0 Å². The highest BCUT2D eigenvalue weighted by Gasteiger charge is 2.54. The van der Waals surface area contributed by atoms with Crippen LogP contribution in [0.5, 0.6) is 0 Å². The van der Waals surface area contributed by atoms with Gasteiger partial charge in [0.25, 0.3) is 5.56 Å². The van der Waals surface area contributed by atoms with Gasteiger partial charge in [0, 0.05) is 25.9 Å². The molecule has 20 nitrogen and oxygen atoms in total. The van der Waals surface area contributed by atoms with Crippen LogP contribution in [0, 0.1) is 5.92 Å². The van der Waals surface area contributed by atoms with E-state index in [4.69, 9.17) is 18.9 Å². The van der Waals surface area contributed by atoms with E-state index in [-0.39, 0.29) is 19.4 Å². The molecule has 0 spiro atoms. The fraction of sp³-hybridized carbons (Fsp3) is 0.750. The molecule has 0 bridgehead atoms. The molecule has 2 amide bonds. The number of H-pyrrole nitrogens is 1. The number of aliphatic hydroxyl groups is 5. The zero-order valence-electron chi connectivity index (χ0n) is 27.0. The molecule has 272 valence electrons. The lowest BCUT2D eigenvalue weighted by atomic mass is 9.87. The number of nitrogens with one attached hydrogen (secondary N) is 4. The molecule has 48 heavy (non-hydrogen) atoms. The van der Waals surface area contributed by atoms with Crippen LogP contribution >= 0.6 is 0 Å². The van der Waals surface area contributed by atoms with E-state index in [1.54, 1.807) is 20.8 Å². The van der Waals surface area contributed by atoms with Crippen LogP contribution in [0.3, 0.4) is 0 Å². The monoisotopic (exact) mass is 691 g/mol. The summed E-state index contributed by atoms with van der Waals surface area (Å²) in [6.07, 6.45) is -17.0. The summed E-state index contributed by atoms with van der Waals surface area (Å²) < 4.78 is 23.5. The van der Waals surface area contributed by atoms with Crippen LogP contribution in [0.1, 0.15) is 39.8 Å². The van der Waals surface area contributed by atoms with Gasteiger partial charge in [0.1, 0.15) is 54.4 Å². The van der Waals surface area contributed by atoms with Crippen molar-refractivity contribution in [3.63, 3.8) is 0 Å². The third-order valence-electron chi connectivity index (χ3n) is 7.90. The fourth-order valence-electron chi connectivity index (χ4n) is 5.49. The Kier molecular flexibility index (Phi) is 13.2. The Morgan fingerprint density at radius 1 is 1.02 bits per heavy atom. The van der Waals surface area contributed by atoms with Crippen LogP contribution in [0.25, 0.3) is 0 Å². The first-order chi connectivity index (χ1) is 22.4. The molecule has 2 fully saturated rings. The Hall–Kier alpha value is -3.47. The fourth-order valence-corrected chi connectivity index (χ4v) is 5.49. The molecule has 0 radical (unpaired) electrons. The first kappa shape index (κ1) is 39.0. The Morgan fingerprint density at radius 3 is 2.25 bits per heavy atom. The molecule has 1 aromatic heterocycles. The second-order valence-electron chi connectivity index (χ2n) is 12.5. The maximum absolute atomic E-state index is 13.3. The van der Waals surface area contributed by atoms with Crippen LogP contribution in [0.15, 0.2) is 21.9 Å². The molecular weight excluding hydrogens is 646 g/mol. The zero-order valence-corrected chi connectivity index (χ0v) is 27.0. The minimum absolute atomic E-state index is 0.308. The van der Waals surface area contributed by atoms with Gasteiger partial charge in [-0.1, -0.05) is 0 Å².